The van der Waals surface area contributed by atoms with Gasteiger partial charge < -0.3 is 25.0 Å². The average Bonchev–Trinajstić information content (AvgIpc) is 3.61. The van der Waals surface area contributed by atoms with Crippen LogP contribution < -0.4 is 10.2 Å². The second kappa shape index (κ2) is 8.94. The summed E-state index contributed by atoms with van der Waals surface area (Å²) in [6.45, 7) is 3.10. The fourth-order valence-electron chi connectivity index (χ4n) is 5.62. The number of nitrogens with zero attached hydrogens (tertiary/aromatic N) is 5. The molecule has 2 atom stereocenters. The minimum atomic E-state index is -0.300. The average molecular weight is 477 g/mol. The van der Waals surface area contributed by atoms with E-state index in [0.29, 0.717) is 55.3 Å². The van der Waals surface area contributed by atoms with Crippen LogP contribution >= 0.6 is 0 Å². The summed E-state index contributed by atoms with van der Waals surface area (Å²) in [6, 6.07) is 5.65. The van der Waals surface area contributed by atoms with Gasteiger partial charge in [0, 0.05) is 56.2 Å². The van der Waals surface area contributed by atoms with Gasteiger partial charge in [-0.15, -0.1) is 0 Å². The molecular formula is C25H28N6O4. The third-order valence-corrected chi connectivity index (χ3v) is 7.43. The van der Waals surface area contributed by atoms with Crippen molar-refractivity contribution in [3.8, 4) is 0 Å². The topological polar surface area (TPSA) is 112 Å². The first kappa shape index (κ1) is 22.0. The summed E-state index contributed by atoms with van der Waals surface area (Å²) in [7, 11) is 0. The normalized spacial score (nSPS) is 22.1. The molecule has 10 nitrogen and oxygen atoms in total. The monoisotopic (exact) mass is 476 g/mol. The summed E-state index contributed by atoms with van der Waals surface area (Å²) in [5.74, 6) is -0.177. The van der Waals surface area contributed by atoms with Gasteiger partial charge in [0.05, 0.1) is 30.8 Å². The molecule has 2 N–H and O–H groups in total. The van der Waals surface area contributed by atoms with Gasteiger partial charge in [0.1, 0.15) is 5.56 Å². The molecule has 0 unspecified atom stereocenters. The molecule has 1 aromatic carbocycles. The van der Waals surface area contributed by atoms with Crippen LogP contribution in [0.15, 0.2) is 36.8 Å². The van der Waals surface area contributed by atoms with Crippen LogP contribution in [0.4, 0.5) is 11.4 Å². The summed E-state index contributed by atoms with van der Waals surface area (Å²) >= 11 is 0. The second-order valence-corrected chi connectivity index (χ2v) is 9.40. The molecule has 2 aliphatic heterocycles. The standard InChI is InChI=1S/C25H28N6O4/c32-15-16-3-1-4-21(16)30-14-17-11-20(22(12-18(17)25(30)34)29-7-9-35-10-8-29)28-24(33)19-13-27-31-6-2-5-26-23(19)31/h2,5-6,11-13,16,21,32H,1,3-4,7-10,14-15H2,(H,28,33)/t16-,21-/m0/s1. The molecule has 3 aliphatic rings. The lowest BCUT2D eigenvalue weighted by molar-refractivity contribution is 0.0612. The van der Waals surface area contributed by atoms with Gasteiger partial charge in [0.25, 0.3) is 11.8 Å². The van der Waals surface area contributed by atoms with E-state index in [-0.39, 0.29) is 30.4 Å². The Kier molecular flexibility index (Phi) is 5.62. The predicted molar refractivity (Wildman–Crippen MR) is 129 cm³/mol. The summed E-state index contributed by atoms with van der Waals surface area (Å²) < 4.78 is 7.09. The summed E-state index contributed by atoms with van der Waals surface area (Å²) in [5.41, 5.74) is 3.90. The van der Waals surface area contributed by atoms with Gasteiger partial charge in [-0.05, 0) is 36.6 Å². The van der Waals surface area contributed by atoms with Crippen molar-refractivity contribution in [2.45, 2.75) is 31.8 Å². The lowest BCUT2D eigenvalue weighted by atomic mass is 10.0. The molecule has 10 heteroatoms. The van der Waals surface area contributed by atoms with Gasteiger partial charge in [-0.25, -0.2) is 9.50 Å². The van der Waals surface area contributed by atoms with E-state index in [0.717, 1.165) is 30.5 Å². The first-order chi connectivity index (χ1) is 17.1. The minimum absolute atomic E-state index is 0.00423. The van der Waals surface area contributed by atoms with E-state index in [9.17, 15) is 14.7 Å². The first-order valence-electron chi connectivity index (χ1n) is 12.1. The highest BCUT2D eigenvalue weighted by Crippen LogP contribution is 2.39. The van der Waals surface area contributed by atoms with Crippen LogP contribution in [0.3, 0.4) is 0 Å². The van der Waals surface area contributed by atoms with Crippen molar-refractivity contribution in [3.63, 3.8) is 0 Å². The molecule has 0 spiro atoms. The molecular weight excluding hydrogens is 448 g/mol. The van der Waals surface area contributed by atoms with E-state index in [1.165, 1.54) is 6.20 Å². The number of fused-ring (bicyclic) bond motifs is 2. The highest BCUT2D eigenvalue weighted by molar-refractivity contribution is 6.10. The van der Waals surface area contributed by atoms with Crippen LogP contribution in [0.25, 0.3) is 5.65 Å². The summed E-state index contributed by atoms with van der Waals surface area (Å²) in [4.78, 5) is 35.1. The number of rotatable bonds is 5. The molecule has 2 fully saturated rings. The van der Waals surface area contributed by atoms with Gasteiger partial charge >= 0.3 is 0 Å². The number of ether oxygens (including phenoxy) is 1. The van der Waals surface area contributed by atoms with Crippen LogP contribution in [0.2, 0.25) is 0 Å². The number of aliphatic hydroxyl groups excluding tert-OH is 1. The number of carbonyl (C=O) groups excluding carboxylic acids is 2. The number of amides is 2. The van der Waals surface area contributed by atoms with E-state index in [1.54, 1.807) is 23.0 Å². The maximum Gasteiger partial charge on any atom is 0.261 e. The van der Waals surface area contributed by atoms with Crippen LogP contribution in [0, 0.1) is 5.92 Å². The third kappa shape index (κ3) is 3.82. The minimum Gasteiger partial charge on any atom is -0.396 e. The Hall–Kier alpha value is -3.50. The molecule has 1 saturated carbocycles. The Morgan fingerprint density at radius 1 is 1.23 bits per heavy atom. The fraction of sp³-hybridized carbons (Fsp3) is 0.440. The van der Waals surface area contributed by atoms with Crippen molar-refractivity contribution in [1.82, 2.24) is 19.5 Å². The van der Waals surface area contributed by atoms with Crippen LogP contribution in [0.1, 0.15) is 45.5 Å². The SMILES string of the molecule is O=C(Nc1cc2c(cc1N1CCOCC1)C(=O)N([C@H]1CCC[C@H]1CO)C2)c1cnn2cccnc12. The van der Waals surface area contributed by atoms with Crippen LogP contribution in [-0.2, 0) is 11.3 Å². The van der Waals surface area contributed by atoms with Crippen molar-refractivity contribution in [1.29, 1.82) is 0 Å². The predicted octanol–water partition coefficient (Wildman–Crippen LogP) is 1.93. The Balaban J connectivity index is 1.35. The third-order valence-electron chi connectivity index (χ3n) is 7.43. The van der Waals surface area contributed by atoms with Gasteiger partial charge in [0.15, 0.2) is 5.65 Å². The van der Waals surface area contributed by atoms with Crippen molar-refractivity contribution < 1.29 is 19.4 Å². The number of aromatic nitrogens is 3. The maximum atomic E-state index is 13.4. The molecule has 0 radical (unpaired) electrons. The van der Waals surface area contributed by atoms with E-state index in [2.05, 4.69) is 20.3 Å². The molecule has 0 bridgehead atoms. The van der Waals surface area contributed by atoms with E-state index < -0.39 is 0 Å². The van der Waals surface area contributed by atoms with Crippen molar-refractivity contribution in [2.24, 2.45) is 5.92 Å². The number of morpholine rings is 1. The number of hydrogen-bond donors (Lipinski definition) is 2. The smallest absolute Gasteiger partial charge is 0.261 e. The van der Waals surface area contributed by atoms with Crippen LogP contribution in [0.5, 0.6) is 0 Å². The molecule has 4 heterocycles. The molecule has 2 aromatic heterocycles. The zero-order valence-electron chi connectivity index (χ0n) is 19.4. The van der Waals surface area contributed by atoms with E-state index in [1.807, 2.05) is 17.0 Å². The van der Waals surface area contributed by atoms with Gasteiger partial charge in [-0.3, -0.25) is 9.59 Å². The first-order valence-corrected chi connectivity index (χ1v) is 12.1. The van der Waals surface area contributed by atoms with Crippen molar-refractivity contribution >= 4 is 28.8 Å². The van der Waals surface area contributed by atoms with Gasteiger partial charge in [-0.1, -0.05) is 6.42 Å². The lowest BCUT2D eigenvalue weighted by Crippen LogP contribution is -2.39. The number of hydrogen-bond acceptors (Lipinski definition) is 7. The Morgan fingerprint density at radius 2 is 2.09 bits per heavy atom. The fourth-order valence-corrected chi connectivity index (χ4v) is 5.62. The number of carbonyl (C=O) groups is 2. The van der Waals surface area contributed by atoms with Crippen molar-refractivity contribution in [2.75, 3.05) is 43.1 Å². The molecule has 1 saturated heterocycles. The van der Waals surface area contributed by atoms with Crippen LogP contribution in [-0.4, -0.2) is 75.4 Å². The zero-order valence-corrected chi connectivity index (χ0v) is 19.4. The number of benzene rings is 1. The largest absolute Gasteiger partial charge is 0.396 e. The summed E-state index contributed by atoms with van der Waals surface area (Å²) in [6.07, 6.45) is 7.76. The number of aliphatic hydroxyl groups is 1. The molecule has 2 amide bonds. The molecule has 182 valence electrons. The zero-order chi connectivity index (χ0) is 23.9. The number of nitrogens with one attached hydrogen (secondary N) is 1. The molecule has 3 aromatic rings. The highest BCUT2D eigenvalue weighted by atomic mass is 16.5. The van der Waals surface area contributed by atoms with E-state index in [4.69, 9.17) is 4.74 Å². The lowest BCUT2D eigenvalue weighted by Gasteiger charge is -2.31. The maximum absolute atomic E-state index is 13.4. The molecule has 1 aliphatic carbocycles. The Morgan fingerprint density at radius 3 is 2.91 bits per heavy atom. The van der Waals surface area contributed by atoms with Gasteiger partial charge in [-0.2, -0.15) is 5.10 Å². The van der Waals surface area contributed by atoms with Crippen molar-refractivity contribution in [3.05, 3.63) is 53.5 Å². The quantitative estimate of drug-likeness (QED) is 0.579. The highest BCUT2D eigenvalue weighted by Gasteiger charge is 2.39. The Labute approximate surface area is 202 Å². The summed E-state index contributed by atoms with van der Waals surface area (Å²) in [5, 5.41) is 17.1. The Bertz CT molecular complexity index is 1280. The second-order valence-electron chi connectivity index (χ2n) is 9.40. The molecule has 6 rings (SSSR count). The van der Waals surface area contributed by atoms with E-state index >= 15 is 0 Å². The number of anilines is 2. The van der Waals surface area contributed by atoms with Gasteiger partial charge in [0.2, 0.25) is 0 Å². The molecule has 35 heavy (non-hydrogen) atoms.